The third-order valence-corrected chi connectivity index (χ3v) is 4.73. The van der Waals surface area contributed by atoms with Gasteiger partial charge in [-0.1, -0.05) is 6.07 Å². The van der Waals surface area contributed by atoms with E-state index < -0.39 is 23.8 Å². The summed E-state index contributed by atoms with van der Waals surface area (Å²) in [4.78, 5) is 26.4. The van der Waals surface area contributed by atoms with Crippen LogP contribution in [0, 0.1) is 5.92 Å². The van der Waals surface area contributed by atoms with Crippen molar-refractivity contribution in [3.05, 3.63) is 22.4 Å². The van der Waals surface area contributed by atoms with Gasteiger partial charge in [0.25, 0.3) is 0 Å². The molecule has 6 nitrogen and oxygen atoms in total. The highest BCUT2D eigenvalue weighted by molar-refractivity contribution is 7.10. The molecule has 1 aliphatic rings. The minimum atomic E-state index is -0.918. The second-order valence-corrected chi connectivity index (χ2v) is 7.80. The zero-order chi connectivity index (χ0) is 17.2. The van der Waals surface area contributed by atoms with Crippen LogP contribution >= 0.6 is 11.3 Å². The fourth-order valence-electron chi connectivity index (χ4n) is 2.81. The monoisotopic (exact) mass is 340 g/mol. The van der Waals surface area contributed by atoms with Gasteiger partial charge in [-0.2, -0.15) is 0 Å². The average molecular weight is 340 g/mol. The van der Waals surface area contributed by atoms with Crippen molar-refractivity contribution in [2.75, 3.05) is 6.54 Å². The van der Waals surface area contributed by atoms with Gasteiger partial charge in [-0.05, 0) is 45.1 Å². The number of aliphatic carboxylic acids is 1. The van der Waals surface area contributed by atoms with E-state index in [1.807, 2.05) is 32.2 Å². The van der Waals surface area contributed by atoms with Crippen molar-refractivity contribution >= 4 is 23.3 Å². The summed E-state index contributed by atoms with van der Waals surface area (Å²) in [7, 11) is 0. The summed E-state index contributed by atoms with van der Waals surface area (Å²) in [5.74, 6) is -1.45. The van der Waals surface area contributed by atoms with Crippen molar-refractivity contribution in [3.63, 3.8) is 0 Å². The van der Waals surface area contributed by atoms with Crippen molar-refractivity contribution < 1.29 is 19.4 Å². The maximum absolute atomic E-state index is 12.2. The first kappa shape index (κ1) is 17.9. The Balaban J connectivity index is 2.06. The van der Waals surface area contributed by atoms with E-state index in [4.69, 9.17) is 10.5 Å². The number of likely N-dealkylation sites (tertiary alicyclic amines) is 1. The predicted molar refractivity (Wildman–Crippen MR) is 87.9 cm³/mol. The Labute approximate surface area is 140 Å². The molecule has 0 aliphatic carbocycles. The Kier molecular flexibility index (Phi) is 5.44. The minimum absolute atomic E-state index is 0.254. The standard InChI is InChI=1S/C16H24N2O4S/c1-16(2,3)22-15(21)10-6-7-18(12(17)9-10)13(14(19)20)11-5-4-8-23-11/h4-5,8,10,12-13H,6-7,9,17H2,1-3H3,(H,19,20)/t10-,12+,13-/m0/s1. The molecule has 0 saturated carbocycles. The number of nitrogens with zero attached hydrogens (tertiary/aromatic N) is 1. The number of carboxylic acid groups (broad SMARTS) is 1. The molecule has 0 spiro atoms. The van der Waals surface area contributed by atoms with Gasteiger partial charge >= 0.3 is 11.9 Å². The minimum Gasteiger partial charge on any atom is -0.480 e. The van der Waals surface area contributed by atoms with Crippen LogP contribution in [0.5, 0.6) is 0 Å². The second kappa shape index (κ2) is 6.98. The fourth-order valence-corrected chi connectivity index (χ4v) is 3.65. The number of hydrogen-bond acceptors (Lipinski definition) is 6. The number of ether oxygens (including phenoxy) is 1. The summed E-state index contributed by atoms with van der Waals surface area (Å²) < 4.78 is 5.41. The van der Waals surface area contributed by atoms with Crippen LogP contribution in [0.25, 0.3) is 0 Å². The van der Waals surface area contributed by atoms with Gasteiger partial charge in [0.2, 0.25) is 0 Å². The zero-order valence-electron chi connectivity index (χ0n) is 13.7. The summed E-state index contributed by atoms with van der Waals surface area (Å²) in [5, 5.41) is 11.4. The van der Waals surface area contributed by atoms with Crippen LogP contribution in [-0.2, 0) is 14.3 Å². The molecular formula is C16H24N2O4S. The number of hydrogen-bond donors (Lipinski definition) is 2. The molecule has 0 amide bonds. The van der Waals surface area contributed by atoms with Gasteiger partial charge in [-0.25, -0.2) is 0 Å². The summed E-state index contributed by atoms with van der Waals surface area (Å²) in [6, 6.07) is 2.87. The smallest absolute Gasteiger partial charge is 0.326 e. The topological polar surface area (TPSA) is 92.9 Å². The van der Waals surface area contributed by atoms with Crippen LogP contribution in [0.3, 0.4) is 0 Å². The van der Waals surface area contributed by atoms with Crippen LogP contribution in [0.4, 0.5) is 0 Å². The van der Waals surface area contributed by atoms with Crippen LogP contribution in [0.2, 0.25) is 0 Å². The van der Waals surface area contributed by atoms with Crippen molar-refractivity contribution in [1.29, 1.82) is 0 Å². The SMILES string of the molecule is CC(C)(C)OC(=O)[C@H]1CCN([C@H](C(=O)O)c2cccs2)[C@@H](N)C1. The van der Waals surface area contributed by atoms with Crippen molar-refractivity contribution in [1.82, 2.24) is 4.90 Å². The first-order valence-electron chi connectivity index (χ1n) is 7.69. The fraction of sp³-hybridized carbons (Fsp3) is 0.625. The van der Waals surface area contributed by atoms with Gasteiger partial charge in [0, 0.05) is 11.4 Å². The molecule has 0 radical (unpaired) electrons. The van der Waals surface area contributed by atoms with E-state index >= 15 is 0 Å². The molecule has 1 aliphatic heterocycles. The predicted octanol–water partition coefficient (Wildman–Crippen LogP) is 2.21. The normalized spacial score (nSPS) is 24.2. The highest BCUT2D eigenvalue weighted by Gasteiger charge is 2.39. The highest BCUT2D eigenvalue weighted by Crippen LogP contribution is 2.32. The molecule has 1 aromatic heterocycles. The molecule has 1 saturated heterocycles. The maximum atomic E-state index is 12.2. The van der Waals surface area contributed by atoms with Crippen LogP contribution < -0.4 is 5.73 Å². The Morgan fingerprint density at radius 1 is 1.48 bits per heavy atom. The Bertz CT molecular complexity index is 553. The number of rotatable bonds is 4. The van der Waals surface area contributed by atoms with E-state index in [0.717, 1.165) is 4.88 Å². The molecule has 2 heterocycles. The van der Waals surface area contributed by atoms with Crippen molar-refractivity contribution in [3.8, 4) is 0 Å². The van der Waals surface area contributed by atoms with Gasteiger partial charge in [0.05, 0.1) is 12.1 Å². The number of carbonyl (C=O) groups excluding carboxylic acids is 1. The number of esters is 1. The summed E-state index contributed by atoms with van der Waals surface area (Å²) >= 11 is 1.40. The quantitative estimate of drug-likeness (QED) is 0.816. The molecule has 0 unspecified atom stereocenters. The third kappa shape index (κ3) is 4.53. The average Bonchev–Trinajstić information content (AvgIpc) is 2.92. The van der Waals surface area contributed by atoms with Crippen molar-refractivity contribution in [2.45, 2.75) is 51.4 Å². The van der Waals surface area contributed by atoms with Crippen molar-refractivity contribution in [2.24, 2.45) is 11.7 Å². The number of piperidine rings is 1. The number of carboxylic acids is 1. The molecule has 1 aromatic rings. The Hall–Kier alpha value is -1.44. The lowest BCUT2D eigenvalue weighted by Crippen LogP contribution is -2.52. The molecule has 7 heteroatoms. The highest BCUT2D eigenvalue weighted by atomic mass is 32.1. The molecule has 128 valence electrons. The first-order valence-corrected chi connectivity index (χ1v) is 8.57. The number of nitrogens with two attached hydrogens (primary N) is 1. The molecular weight excluding hydrogens is 316 g/mol. The van der Waals surface area contributed by atoms with Gasteiger partial charge in [0.1, 0.15) is 11.6 Å². The van der Waals surface area contributed by atoms with E-state index in [0.29, 0.717) is 19.4 Å². The second-order valence-electron chi connectivity index (χ2n) is 6.82. The lowest BCUT2D eigenvalue weighted by atomic mass is 9.93. The van der Waals surface area contributed by atoms with Crippen LogP contribution in [-0.4, -0.2) is 40.3 Å². The largest absolute Gasteiger partial charge is 0.480 e. The van der Waals surface area contributed by atoms with Gasteiger partial charge < -0.3 is 15.6 Å². The number of thiophene rings is 1. The zero-order valence-corrected chi connectivity index (χ0v) is 14.5. The van der Waals surface area contributed by atoms with E-state index in [1.54, 1.807) is 11.0 Å². The molecule has 3 N–H and O–H groups in total. The molecule has 23 heavy (non-hydrogen) atoms. The first-order chi connectivity index (χ1) is 10.7. The van der Waals surface area contributed by atoms with E-state index in [9.17, 15) is 14.7 Å². The maximum Gasteiger partial charge on any atom is 0.326 e. The lowest BCUT2D eigenvalue weighted by molar-refractivity contribution is -0.163. The molecule has 0 aromatic carbocycles. The Morgan fingerprint density at radius 2 is 2.17 bits per heavy atom. The molecule has 0 bridgehead atoms. The van der Waals surface area contributed by atoms with Gasteiger partial charge in [0.15, 0.2) is 0 Å². The molecule has 2 rings (SSSR count). The summed E-state index contributed by atoms with van der Waals surface area (Å²) in [5.41, 5.74) is 5.65. The summed E-state index contributed by atoms with van der Waals surface area (Å²) in [6.07, 6.45) is 0.478. The van der Waals surface area contributed by atoms with E-state index in [1.165, 1.54) is 11.3 Å². The third-order valence-electron chi connectivity index (χ3n) is 3.81. The lowest BCUT2D eigenvalue weighted by Gasteiger charge is -2.39. The van der Waals surface area contributed by atoms with Gasteiger partial charge in [-0.3, -0.25) is 14.5 Å². The van der Waals surface area contributed by atoms with Gasteiger partial charge in [-0.15, -0.1) is 11.3 Å². The molecule has 3 atom stereocenters. The Morgan fingerprint density at radius 3 is 2.65 bits per heavy atom. The van der Waals surface area contributed by atoms with E-state index in [-0.39, 0.29) is 11.9 Å². The summed E-state index contributed by atoms with van der Waals surface area (Å²) in [6.45, 7) is 5.95. The van der Waals surface area contributed by atoms with E-state index in [2.05, 4.69) is 0 Å². The van der Waals surface area contributed by atoms with Crippen LogP contribution in [0.15, 0.2) is 17.5 Å². The number of carbonyl (C=O) groups is 2. The van der Waals surface area contributed by atoms with Crippen LogP contribution in [0.1, 0.15) is 44.5 Å². The molecule has 1 fully saturated rings.